The van der Waals surface area contributed by atoms with Crippen molar-refractivity contribution in [1.82, 2.24) is 15.0 Å². The van der Waals surface area contributed by atoms with Crippen LogP contribution in [0.15, 0.2) is 34.3 Å². The lowest BCUT2D eigenvalue weighted by molar-refractivity contribution is 0.373. The molecule has 2 rings (SSSR count). The minimum atomic E-state index is 0.130. The average Bonchev–Trinajstić information content (AvgIpc) is 2.37. The van der Waals surface area contributed by atoms with Gasteiger partial charge in [0.25, 0.3) is 0 Å². The van der Waals surface area contributed by atoms with E-state index in [9.17, 15) is 0 Å². The normalized spacial score (nSPS) is 11.4. The first-order chi connectivity index (χ1) is 9.38. The molecule has 0 fully saturated rings. The molecular formula is C14H16ClN3OS. The predicted molar refractivity (Wildman–Crippen MR) is 80.7 cm³/mol. The van der Waals surface area contributed by atoms with Gasteiger partial charge in [-0.1, -0.05) is 32.9 Å². The smallest absolute Gasteiger partial charge is 0.321 e. The number of benzene rings is 1. The number of hydrogen-bond acceptors (Lipinski definition) is 5. The summed E-state index contributed by atoms with van der Waals surface area (Å²) in [5.41, 5.74) is 1.43. The number of nitrogens with zero attached hydrogens (tertiary/aromatic N) is 3. The van der Waals surface area contributed by atoms with Crippen LogP contribution in [0.1, 0.15) is 26.3 Å². The molecule has 20 heavy (non-hydrogen) atoms. The Bertz CT molecular complexity index is 596. The first-order valence-corrected chi connectivity index (χ1v) is 7.32. The quantitative estimate of drug-likeness (QED) is 0.858. The van der Waals surface area contributed by atoms with Gasteiger partial charge in [-0.15, -0.1) is 0 Å². The molecule has 0 saturated carbocycles. The third-order valence-corrected chi connectivity index (χ3v) is 3.72. The third-order valence-electron chi connectivity index (χ3n) is 2.68. The minimum Gasteiger partial charge on any atom is -0.467 e. The van der Waals surface area contributed by atoms with E-state index in [1.54, 1.807) is 0 Å². The lowest BCUT2D eigenvalue weighted by atomic mass is 9.87. The third kappa shape index (κ3) is 3.84. The fourth-order valence-electron chi connectivity index (χ4n) is 1.58. The zero-order chi connectivity index (χ0) is 14.8. The molecule has 1 aromatic heterocycles. The van der Waals surface area contributed by atoms with Crippen LogP contribution in [0.5, 0.6) is 6.01 Å². The van der Waals surface area contributed by atoms with Crippen molar-refractivity contribution >= 4 is 23.4 Å². The van der Waals surface area contributed by atoms with Crippen molar-refractivity contribution in [2.24, 2.45) is 0 Å². The van der Waals surface area contributed by atoms with Crippen molar-refractivity contribution in [3.05, 3.63) is 35.1 Å². The van der Waals surface area contributed by atoms with E-state index in [1.807, 2.05) is 0 Å². The maximum absolute atomic E-state index is 5.82. The van der Waals surface area contributed by atoms with Crippen LogP contribution in [0.2, 0.25) is 5.28 Å². The number of rotatable bonds is 3. The zero-order valence-corrected chi connectivity index (χ0v) is 13.4. The van der Waals surface area contributed by atoms with Crippen LogP contribution < -0.4 is 4.74 Å². The molecule has 0 aliphatic heterocycles. The molecule has 0 bridgehead atoms. The van der Waals surface area contributed by atoms with Gasteiger partial charge in [-0.05, 0) is 46.5 Å². The van der Waals surface area contributed by atoms with E-state index >= 15 is 0 Å². The van der Waals surface area contributed by atoms with Gasteiger partial charge >= 0.3 is 6.01 Å². The lowest BCUT2D eigenvalue weighted by Gasteiger charge is -2.18. The highest BCUT2D eigenvalue weighted by Gasteiger charge is 2.13. The Morgan fingerprint density at radius 3 is 2.25 bits per heavy atom. The van der Waals surface area contributed by atoms with Gasteiger partial charge in [0.1, 0.15) is 0 Å². The molecular weight excluding hydrogens is 294 g/mol. The maximum atomic E-state index is 5.82. The van der Waals surface area contributed by atoms with Gasteiger partial charge in [0.15, 0.2) is 5.16 Å². The Balaban J connectivity index is 2.20. The molecule has 0 atom stereocenters. The van der Waals surface area contributed by atoms with Gasteiger partial charge in [0, 0.05) is 4.90 Å². The first kappa shape index (κ1) is 15.1. The Kier molecular flexibility index (Phi) is 4.50. The van der Waals surface area contributed by atoms with Crippen LogP contribution in [-0.4, -0.2) is 22.1 Å². The van der Waals surface area contributed by atoms with E-state index in [2.05, 4.69) is 60.0 Å². The molecule has 1 heterocycles. The summed E-state index contributed by atoms with van der Waals surface area (Å²) in [5, 5.41) is 0.649. The van der Waals surface area contributed by atoms with Crippen molar-refractivity contribution in [1.29, 1.82) is 0 Å². The van der Waals surface area contributed by atoms with Gasteiger partial charge < -0.3 is 4.74 Å². The summed E-state index contributed by atoms with van der Waals surface area (Å²) < 4.78 is 4.98. The molecule has 0 unspecified atom stereocenters. The second-order valence-corrected chi connectivity index (χ2v) is 6.63. The summed E-state index contributed by atoms with van der Waals surface area (Å²) >= 11 is 7.25. The average molecular weight is 310 g/mol. The minimum absolute atomic E-state index is 0.130. The van der Waals surface area contributed by atoms with Crippen LogP contribution >= 0.6 is 23.4 Å². The van der Waals surface area contributed by atoms with Crippen LogP contribution in [0.25, 0.3) is 0 Å². The SMILES string of the molecule is COc1nc(Cl)nc(Sc2ccc(C(C)(C)C)cc2)n1. The maximum Gasteiger partial charge on any atom is 0.321 e. The lowest BCUT2D eigenvalue weighted by Crippen LogP contribution is -2.10. The molecule has 0 amide bonds. The summed E-state index contributed by atoms with van der Waals surface area (Å²) in [4.78, 5) is 13.1. The van der Waals surface area contributed by atoms with Gasteiger partial charge in [0.05, 0.1) is 7.11 Å². The van der Waals surface area contributed by atoms with Crippen molar-refractivity contribution in [3.63, 3.8) is 0 Å². The number of aromatic nitrogens is 3. The molecule has 4 nitrogen and oxygen atoms in total. The fraction of sp³-hybridized carbons (Fsp3) is 0.357. The molecule has 0 aliphatic rings. The van der Waals surface area contributed by atoms with Gasteiger partial charge in [0.2, 0.25) is 5.28 Å². The molecule has 1 aromatic carbocycles. The van der Waals surface area contributed by atoms with Crippen molar-refractivity contribution in [2.45, 2.75) is 36.2 Å². The topological polar surface area (TPSA) is 47.9 Å². The standard InChI is InChI=1S/C14H16ClN3OS/c1-14(2,3)9-5-7-10(8-6-9)20-13-17-11(15)16-12(18-13)19-4/h5-8H,1-4H3. The van der Waals surface area contributed by atoms with Crippen LogP contribution in [0, 0.1) is 0 Å². The second-order valence-electron chi connectivity index (χ2n) is 5.25. The Hall–Kier alpha value is -1.33. The van der Waals surface area contributed by atoms with E-state index in [-0.39, 0.29) is 16.7 Å². The van der Waals surface area contributed by atoms with E-state index in [0.29, 0.717) is 5.16 Å². The van der Waals surface area contributed by atoms with E-state index < -0.39 is 0 Å². The summed E-state index contributed by atoms with van der Waals surface area (Å²) in [7, 11) is 1.50. The predicted octanol–water partition coefficient (Wildman–Crippen LogP) is 3.98. The second kappa shape index (κ2) is 5.97. The Morgan fingerprint density at radius 1 is 1.05 bits per heavy atom. The number of halogens is 1. The summed E-state index contributed by atoms with van der Waals surface area (Å²) in [6.07, 6.45) is 0. The number of ether oxygens (including phenoxy) is 1. The molecule has 0 N–H and O–H groups in total. The molecule has 0 spiro atoms. The van der Waals surface area contributed by atoms with Crippen molar-refractivity contribution in [2.75, 3.05) is 7.11 Å². The van der Waals surface area contributed by atoms with E-state index in [4.69, 9.17) is 16.3 Å². The highest BCUT2D eigenvalue weighted by atomic mass is 35.5. The van der Waals surface area contributed by atoms with E-state index in [0.717, 1.165) is 4.90 Å². The van der Waals surface area contributed by atoms with Crippen LogP contribution in [0.4, 0.5) is 0 Å². The first-order valence-electron chi connectivity index (χ1n) is 6.12. The highest BCUT2D eigenvalue weighted by molar-refractivity contribution is 7.99. The molecule has 0 saturated heterocycles. The molecule has 106 valence electrons. The monoisotopic (exact) mass is 309 g/mol. The largest absolute Gasteiger partial charge is 0.467 e. The Morgan fingerprint density at radius 2 is 1.70 bits per heavy atom. The molecule has 2 aromatic rings. The number of methoxy groups -OCH3 is 1. The molecule has 0 aliphatic carbocycles. The van der Waals surface area contributed by atoms with Gasteiger partial charge in [-0.2, -0.15) is 15.0 Å². The molecule has 6 heteroatoms. The van der Waals surface area contributed by atoms with Crippen LogP contribution in [0.3, 0.4) is 0 Å². The summed E-state index contributed by atoms with van der Waals surface area (Å²) in [6, 6.07) is 8.55. The van der Waals surface area contributed by atoms with Gasteiger partial charge in [-0.3, -0.25) is 0 Å². The van der Waals surface area contributed by atoms with Crippen molar-refractivity contribution < 1.29 is 4.74 Å². The van der Waals surface area contributed by atoms with Gasteiger partial charge in [-0.25, -0.2) is 0 Å². The fourth-order valence-corrected chi connectivity index (χ4v) is 2.52. The van der Waals surface area contributed by atoms with E-state index in [1.165, 1.54) is 24.4 Å². The summed E-state index contributed by atoms with van der Waals surface area (Å²) in [6.45, 7) is 6.56. The highest BCUT2D eigenvalue weighted by Crippen LogP contribution is 2.29. The summed E-state index contributed by atoms with van der Waals surface area (Å²) in [5.74, 6) is 0. The molecule has 0 radical (unpaired) electrons. The Labute approximate surface area is 128 Å². The van der Waals surface area contributed by atoms with Crippen LogP contribution in [-0.2, 0) is 5.41 Å². The zero-order valence-electron chi connectivity index (χ0n) is 11.8. The number of hydrogen-bond donors (Lipinski definition) is 0. The van der Waals surface area contributed by atoms with Crippen molar-refractivity contribution in [3.8, 4) is 6.01 Å².